The number of hydrogen-bond acceptors (Lipinski definition) is 4. The largest absolute Gasteiger partial charge is 0.378 e. The molecule has 2 heterocycles. The van der Waals surface area contributed by atoms with Crippen LogP contribution in [0.4, 0.5) is 0 Å². The van der Waals surface area contributed by atoms with Gasteiger partial charge in [-0.15, -0.1) is 0 Å². The van der Waals surface area contributed by atoms with Gasteiger partial charge in [0.25, 0.3) is 0 Å². The fourth-order valence-electron chi connectivity index (χ4n) is 4.03. The Morgan fingerprint density at radius 1 is 1.11 bits per heavy atom. The van der Waals surface area contributed by atoms with Gasteiger partial charge < -0.3 is 15.0 Å². The number of rotatable bonds is 7. The molecule has 6 heteroatoms. The SMILES string of the molecule is C[C@@H]1CCCN(Cc2ccccc2CNC(=O)CCC(=O)N2CCOCC2)C1. The highest BCUT2D eigenvalue weighted by Crippen LogP contribution is 2.19. The van der Waals surface area contributed by atoms with Gasteiger partial charge in [0.15, 0.2) is 0 Å². The molecule has 0 radical (unpaired) electrons. The molecule has 1 N–H and O–H groups in total. The maximum atomic E-state index is 12.2. The van der Waals surface area contributed by atoms with Crippen LogP contribution in [0, 0.1) is 5.92 Å². The minimum Gasteiger partial charge on any atom is -0.378 e. The number of carbonyl (C=O) groups is 2. The zero-order valence-electron chi connectivity index (χ0n) is 17.0. The van der Waals surface area contributed by atoms with Crippen LogP contribution in [0.1, 0.15) is 43.7 Å². The average molecular weight is 388 g/mol. The molecule has 2 aliphatic rings. The van der Waals surface area contributed by atoms with Crippen molar-refractivity contribution in [2.24, 2.45) is 5.92 Å². The normalized spacial score (nSPS) is 20.8. The van der Waals surface area contributed by atoms with E-state index in [0.717, 1.165) is 31.1 Å². The van der Waals surface area contributed by atoms with E-state index in [1.807, 2.05) is 6.07 Å². The van der Waals surface area contributed by atoms with Gasteiger partial charge in [-0.1, -0.05) is 31.2 Å². The summed E-state index contributed by atoms with van der Waals surface area (Å²) < 4.78 is 5.26. The number of likely N-dealkylation sites (tertiary alicyclic amines) is 1. The standard InChI is InChI=1S/C22H33N3O3/c1-18-5-4-10-24(16-18)17-20-7-3-2-6-19(20)15-23-21(26)8-9-22(27)25-11-13-28-14-12-25/h2-3,6-7,18H,4-5,8-17H2,1H3,(H,23,26)/t18-/m1/s1. The summed E-state index contributed by atoms with van der Waals surface area (Å²) >= 11 is 0. The third kappa shape index (κ3) is 6.31. The zero-order valence-corrected chi connectivity index (χ0v) is 17.0. The van der Waals surface area contributed by atoms with Crippen LogP contribution < -0.4 is 5.32 Å². The van der Waals surface area contributed by atoms with Crippen LogP contribution in [-0.2, 0) is 27.4 Å². The minimum absolute atomic E-state index is 0.0399. The smallest absolute Gasteiger partial charge is 0.223 e. The highest BCUT2D eigenvalue weighted by molar-refractivity contribution is 5.83. The van der Waals surface area contributed by atoms with E-state index in [2.05, 4.69) is 35.3 Å². The van der Waals surface area contributed by atoms with E-state index in [1.54, 1.807) is 4.90 Å². The lowest BCUT2D eigenvalue weighted by Crippen LogP contribution is -2.41. The molecule has 1 aromatic carbocycles. The number of ether oxygens (including phenoxy) is 1. The molecule has 28 heavy (non-hydrogen) atoms. The number of carbonyl (C=O) groups excluding carboxylic acids is 2. The van der Waals surface area contributed by atoms with Crippen LogP contribution in [-0.4, -0.2) is 61.0 Å². The first-order chi connectivity index (χ1) is 13.6. The summed E-state index contributed by atoms with van der Waals surface area (Å²) in [5, 5.41) is 2.99. The molecular formula is C22H33N3O3. The number of nitrogens with zero attached hydrogens (tertiary/aromatic N) is 2. The average Bonchev–Trinajstić information content (AvgIpc) is 2.72. The molecule has 154 valence electrons. The highest BCUT2D eigenvalue weighted by atomic mass is 16.5. The van der Waals surface area contributed by atoms with Crippen molar-refractivity contribution in [3.8, 4) is 0 Å². The van der Waals surface area contributed by atoms with Crippen molar-refractivity contribution in [1.82, 2.24) is 15.1 Å². The summed E-state index contributed by atoms with van der Waals surface area (Å²) in [6, 6.07) is 8.32. The second-order valence-corrected chi connectivity index (χ2v) is 8.02. The van der Waals surface area contributed by atoms with E-state index in [-0.39, 0.29) is 24.7 Å². The first kappa shape index (κ1) is 20.8. The highest BCUT2D eigenvalue weighted by Gasteiger charge is 2.19. The number of benzene rings is 1. The second-order valence-electron chi connectivity index (χ2n) is 8.02. The molecule has 6 nitrogen and oxygen atoms in total. The first-order valence-corrected chi connectivity index (χ1v) is 10.5. The molecule has 0 spiro atoms. The molecule has 2 saturated heterocycles. The Hall–Kier alpha value is -1.92. The lowest BCUT2D eigenvalue weighted by atomic mass is 9.99. The van der Waals surface area contributed by atoms with Crippen molar-refractivity contribution >= 4 is 11.8 Å². The molecule has 0 unspecified atom stereocenters. The van der Waals surface area contributed by atoms with Gasteiger partial charge in [-0.2, -0.15) is 0 Å². The fraction of sp³-hybridized carbons (Fsp3) is 0.636. The number of amides is 2. The molecule has 3 rings (SSSR count). The van der Waals surface area contributed by atoms with Crippen molar-refractivity contribution in [1.29, 1.82) is 0 Å². The molecule has 0 aromatic heterocycles. The van der Waals surface area contributed by atoms with Gasteiger partial charge in [0, 0.05) is 45.6 Å². The van der Waals surface area contributed by atoms with Crippen molar-refractivity contribution in [3.63, 3.8) is 0 Å². The Morgan fingerprint density at radius 3 is 2.61 bits per heavy atom. The third-order valence-electron chi connectivity index (χ3n) is 5.66. The maximum Gasteiger partial charge on any atom is 0.223 e. The molecular weight excluding hydrogens is 354 g/mol. The van der Waals surface area contributed by atoms with Crippen molar-refractivity contribution in [2.45, 2.75) is 45.7 Å². The Balaban J connectivity index is 1.44. The summed E-state index contributed by atoms with van der Waals surface area (Å²) in [6.07, 6.45) is 3.08. The predicted octanol–water partition coefficient (Wildman–Crippen LogP) is 2.17. The van der Waals surface area contributed by atoms with Gasteiger partial charge in [-0.3, -0.25) is 14.5 Å². The summed E-state index contributed by atoms with van der Waals surface area (Å²) in [4.78, 5) is 28.7. The number of morpholine rings is 1. The van der Waals surface area contributed by atoms with Crippen LogP contribution >= 0.6 is 0 Å². The Kier molecular flexibility index (Phi) is 7.86. The summed E-state index contributed by atoms with van der Waals surface area (Å²) in [5.41, 5.74) is 2.44. The molecule has 1 aromatic rings. The molecule has 2 fully saturated rings. The van der Waals surface area contributed by atoms with E-state index in [0.29, 0.717) is 32.8 Å². The lowest BCUT2D eigenvalue weighted by molar-refractivity contribution is -0.137. The number of piperidine rings is 1. The van der Waals surface area contributed by atoms with Crippen LogP contribution in [0.3, 0.4) is 0 Å². The quantitative estimate of drug-likeness (QED) is 0.779. The van der Waals surface area contributed by atoms with E-state index in [1.165, 1.54) is 18.4 Å². The minimum atomic E-state index is -0.0667. The molecule has 0 aliphatic carbocycles. The topological polar surface area (TPSA) is 61.9 Å². The Morgan fingerprint density at radius 2 is 1.86 bits per heavy atom. The van der Waals surface area contributed by atoms with Gasteiger partial charge in [0.1, 0.15) is 0 Å². The Labute approximate surface area is 168 Å². The molecule has 1 atom stereocenters. The van der Waals surface area contributed by atoms with Gasteiger partial charge in [-0.25, -0.2) is 0 Å². The van der Waals surface area contributed by atoms with Crippen LogP contribution in [0.25, 0.3) is 0 Å². The zero-order chi connectivity index (χ0) is 19.8. The van der Waals surface area contributed by atoms with Gasteiger partial charge >= 0.3 is 0 Å². The third-order valence-corrected chi connectivity index (χ3v) is 5.66. The Bertz CT molecular complexity index is 658. The van der Waals surface area contributed by atoms with E-state index >= 15 is 0 Å². The lowest BCUT2D eigenvalue weighted by Gasteiger charge is -2.31. The monoisotopic (exact) mass is 387 g/mol. The van der Waals surface area contributed by atoms with Crippen LogP contribution in [0.5, 0.6) is 0 Å². The van der Waals surface area contributed by atoms with E-state index in [4.69, 9.17) is 4.74 Å². The van der Waals surface area contributed by atoms with Crippen LogP contribution in [0.2, 0.25) is 0 Å². The van der Waals surface area contributed by atoms with Gasteiger partial charge in [0.05, 0.1) is 13.2 Å². The van der Waals surface area contributed by atoms with Gasteiger partial charge in [-0.05, 0) is 36.4 Å². The van der Waals surface area contributed by atoms with Gasteiger partial charge in [0.2, 0.25) is 11.8 Å². The molecule has 2 aliphatic heterocycles. The van der Waals surface area contributed by atoms with E-state index < -0.39 is 0 Å². The second kappa shape index (κ2) is 10.6. The number of nitrogens with one attached hydrogen (secondary N) is 1. The summed E-state index contributed by atoms with van der Waals surface area (Å²) in [7, 11) is 0. The molecule has 0 saturated carbocycles. The predicted molar refractivity (Wildman–Crippen MR) is 109 cm³/mol. The van der Waals surface area contributed by atoms with Crippen LogP contribution in [0.15, 0.2) is 24.3 Å². The van der Waals surface area contributed by atoms with Crippen molar-refractivity contribution < 1.29 is 14.3 Å². The van der Waals surface area contributed by atoms with E-state index in [9.17, 15) is 9.59 Å². The molecule has 0 bridgehead atoms. The number of hydrogen-bond donors (Lipinski definition) is 1. The van der Waals surface area contributed by atoms with Crippen molar-refractivity contribution in [2.75, 3.05) is 39.4 Å². The molecule has 2 amide bonds. The van der Waals surface area contributed by atoms with Crippen molar-refractivity contribution in [3.05, 3.63) is 35.4 Å². The summed E-state index contributed by atoms with van der Waals surface area (Å²) in [5.74, 6) is 0.727. The maximum absolute atomic E-state index is 12.2. The fourth-order valence-corrected chi connectivity index (χ4v) is 4.03. The summed E-state index contributed by atoms with van der Waals surface area (Å²) in [6.45, 7) is 8.49. The first-order valence-electron chi connectivity index (χ1n) is 10.5.